The Hall–Kier alpha value is -2.49. The van der Waals surface area contributed by atoms with Crippen LogP contribution in [0.5, 0.6) is 5.75 Å². The van der Waals surface area contributed by atoms with Gasteiger partial charge in [-0.05, 0) is 29.3 Å². The van der Waals surface area contributed by atoms with Crippen LogP contribution in [0.4, 0.5) is 5.69 Å². The van der Waals surface area contributed by atoms with Crippen LogP contribution in [0.25, 0.3) is 11.1 Å². The molecule has 1 aliphatic rings. The average Bonchev–Trinajstić information content (AvgIpc) is 2.75. The molecule has 0 aliphatic carbocycles. The maximum Gasteiger partial charge on any atom is 0.142 e. The predicted octanol–water partition coefficient (Wildman–Crippen LogP) is 5.34. The van der Waals surface area contributed by atoms with Crippen molar-refractivity contribution in [1.82, 2.24) is 4.90 Å². The highest BCUT2D eigenvalue weighted by Crippen LogP contribution is 2.32. The van der Waals surface area contributed by atoms with Gasteiger partial charge in [0.1, 0.15) is 5.75 Å². The summed E-state index contributed by atoms with van der Waals surface area (Å²) < 4.78 is 5.53. The monoisotopic (exact) mass is 392 g/mol. The van der Waals surface area contributed by atoms with Crippen molar-refractivity contribution in [3.8, 4) is 16.9 Å². The van der Waals surface area contributed by atoms with E-state index in [1.165, 1.54) is 16.8 Å². The van der Waals surface area contributed by atoms with Gasteiger partial charge in [-0.15, -0.1) is 0 Å². The third kappa shape index (κ3) is 4.01. The topological polar surface area (TPSA) is 15.7 Å². The lowest BCUT2D eigenvalue weighted by molar-refractivity contribution is 0.249. The molecule has 1 fully saturated rings. The van der Waals surface area contributed by atoms with E-state index in [1.54, 1.807) is 7.11 Å². The van der Waals surface area contributed by atoms with E-state index in [9.17, 15) is 0 Å². The van der Waals surface area contributed by atoms with Crippen molar-refractivity contribution in [3.05, 3.63) is 83.4 Å². The lowest BCUT2D eigenvalue weighted by Gasteiger charge is -2.37. The van der Waals surface area contributed by atoms with Crippen molar-refractivity contribution < 1.29 is 4.74 Å². The number of anilines is 1. The Morgan fingerprint density at radius 2 is 1.43 bits per heavy atom. The molecule has 0 radical (unpaired) electrons. The highest BCUT2D eigenvalue weighted by Gasteiger charge is 2.20. The van der Waals surface area contributed by atoms with E-state index < -0.39 is 0 Å². The second kappa shape index (κ2) is 8.68. The molecule has 3 aromatic rings. The number of hydrogen-bond acceptors (Lipinski definition) is 3. The zero-order chi connectivity index (χ0) is 19.3. The van der Waals surface area contributed by atoms with Crippen molar-refractivity contribution in [1.29, 1.82) is 0 Å². The normalized spacial score (nSPS) is 14.9. The minimum Gasteiger partial charge on any atom is -0.495 e. The van der Waals surface area contributed by atoms with Gasteiger partial charge in [0.05, 0.1) is 12.8 Å². The molecule has 0 N–H and O–H groups in total. The van der Waals surface area contributed by atoms with Gasteiger partial charge >= 0.3 is 0 Å². The molecule has 4 heteroatoms. The SMILES string of the molecule is COc1ccccc1N1CCN(Cc2ccccc2-c2ccccc2Cl)CC1. The van der Waals surface area contributed by atoms with E-state index in [0.717, 1.165) is 49.1 Å². The highest BCUT2D eigenvalue weighted by atomic mass is 35.5. The second-order valence-corrected chi connectivity index (χ2v) is 7.48. The number of benzene rings is 3. The first-order valence-corrected chi connectivity index (χ1v) is 10.1. The highest BCUT2D eigenvalue weighted by molar-refractivity contribution is 6.33. The molecular weight excluding hydrogens is 368 g/mol. The third-order valence-corrected chi connectivity index (χ3v) is 5.70. The second-order valence-electron chi connectivity index (χ2n) is 7.07. The summed E-state index contributed by atoms with van der Waals surface area (Å²) in [6.07, 6.45) is 0. The molecule has 0 saturated carbocycles. The molecule has 144 valence electrons. The van der Waals surface area contributed by atoms with Gasteiger partial charge < -0.3 is 9.64 Å². The standard InChI is InChI=1S/C24H25ClN2O/c1-28-24-13-7-6-12-23(24)27-16-14-26(15-17-27)18-19-8-2-3-9-20(19)21-10-4-5-11-22(21)25/h2-13H,14-18H2,1H3. The Bertz CT molecular complexity index is 935. The number of piperazine rings is 1. The van der Waals surface area contributed by atoms with Gasteiger partial charge in [0, 0.05) is 43.3 Å². The summed E-state index contributed by atoms with van der Waals surface area (Å²) in [5.74, 6) is 0.944. The molecule has 0 atom stereocenters. The van der Waals surface area contributed by atoms with Gasteiger partial charge in [-0.2, -0.15) is 0 Å². The summed E-state index contributed by atoms with van der Waals surface area (Å²) in [5, 5.41) is 0.802. The molecule has 3 aromatic carbocycles. The smallest absolute Gasteiger partial charge is 0.142 e. The molecule has 3 nitrogen and oxygen atoms in total. The van der Waals surface area contributed by atoms with E-state index in [-0.39, 0.29) is 0 Å². The molecule has 0 spiro atoms. The Kier molecular flexibility index (Phi) is 5.84. The summed E-state index contributed by atoms with van der Waals surface area (Å²) in [6.45, 7) is 4.97. The van der Waals surface area contributed by atoms with Gasteiger partial charge in [0.15, 0.2) is 0 Å². The number of halogens is 1. The molecule has 1 heterocycles. The maximum absolute atomic E-state index is 6.46. The largest absolute Gasteiger partial charge is 0.495 e. The summed E-state index contributed by atoms with van der Waals surface area (Å²) in [5.41, 5.74) is 4.83. The first-order valence-electron chi connectivity index (χ1n) is 9.69. The fourth-order valence-electron chi connectivity index (χ4n) is 3.88. The first kappa shape index (κ1) is 18.9. The van der Waals surface area contributed by atoms with Crippen LogP contribution in [-0.4, -0.2) is 38.2 Å². The van der Waals surface area contributed by atoms with Crippen molar-refractivity contribution in [3.63, 3.8) is 0 Å². The molecule has 0 bridgehead atoms. The lowest BCUT2D eigenvalue weighted by atomic mass is 9.99. The van der Waals surface area contributed by atoms with E-state index in [2.05, 4.69) is 52.3 Å². The van der Waals surface area contributed by atoms with Crippen LogP contribution < -0.4 is 9.64 Å². The van der Waals surface area contributed by atoms with E-state index in [0.29, 0.717) is 0 Å². The van der Waals surface area contributed by atoms with E-state index in [1.807, 2.05) is 30.3 Å². The molecule has 4 rings (SSSR count). The maximum atomic E-state index is 6.46. The third-order valence-electron chi connectivity index (χ3n) is 5.37. The fourth-order valence-corrected chi connectivity index (χ4v) is 4.12. The van der Waals surface area contributed by atoms with Crippen LogP contribution in [0.2, 0.25) is 5.02 Å². The first-order chi connectivity index (χ1) is 13.8. The minimum absolute atomic E-state index is 0.802. The molecule has 0 amide bonds. The molecule has 1 aliphatic heterocycles. The summed E-state index contributed by atoms with van der Waals surface area (Å²) >= 11 is 6.46. The summed E-state index contributed by atoms with van der Waals surface area (Å²) in [6, 6.07) is 24.9. The quantitative estimate of drug-likeness (QED) is 0.583. The van der Waals surface area contributed by atoms with E-state index >= 15 is 0 Å². The summed E-state index contributed by atoms with van der Waals surface area (Å²) in [7, 11) is 1.74. The predicted molar refractivity (Wildman–Crippen MR) is 117 cm³/mol. The number of methoxy groups -OCH3 is 1. The zero-order valence-electron chi connectivity index (χ0n) is 16.1. The van der Waals surface area contributed by atoms with Crippen LogP contribution in [0, 0.1) is 0 Å². The van der Waals surface area contributed by atoms with Crippen LogP contribution in [-0.2, 0) is 6.54 Å². The van der Waals surface area contributed by atoms with E-state index in [4.69, 9.17) is 16.3 Å². The number of ether oxygens (including phenoxy) is 1. The van der Waals surface area contributed by atoms with Crippen molar-refractivity contribution in [2.45, 2.75) is 6.54 Å². The van der Waals surface area contributed by atoms with Gasteiger partial charge in [-0.25, -0.2) is 0 Å². The van der Waals surface area contributed by atoms with Crippen LogP contribution in [0.1, 0.15) is 5.56 Å². The lowest BCUT2D eigenvalue weighted by Crippen LogP contribution is -2.46. The zero-order valence-corrected chi connectivity index (χ0v) is 16.9. The van der Waals surface area contributed by atoms with Crippen LogP contribution in [0.15, 0.2) is 72.8 Å². The van der Waals surface area contributed by atoms with Gasteiger partial charge in [-0.1, -0.05) is 66.2 Å². The average molecular weight is 393 g/mol. The van der Waals surface area contributed by atoms with Crippen molar-refractivity contribution in [2.24, 2.45) is 0 Å². The minimum atomic E-state index is 0.802. The van der Waals surface area contributed by atoms with Gasteiger partial charge in [0.25, 0.3) is 0 Å². The Morgan fingerprint density at radius 3 is 2.18 bits per heavy atom. The van der Waals surface area contributed by atoms with Crippen LogP contribution >= 0.6 is 11.6 Å². The fraction of sp³-hybridized carbons (Fsp3) is 0.250. The van der Waals surface area contributed by atoms with Crippen molar-refractivity contribution in [2.75, 3.05) is 38.2 Å². The molecular formula is C24H25ClN2O. The number of rotatable bonds is 5. The molecule has 0 aromatic heterocycles. The molecule has 1 saturated heterocycles. The van der Waals surface area contributed by atoms with Crippen molar-refractivity contribution >= 4 is 17.3 Å². The van der Waals surface area contributed by atoms with Gasteiger partial charge in [0.2, 0.25) is 0 Å². The van der Waals surface area contributed by atoms with Gasteiger partial charge in [-0.3, -0.25) is 4.90 Å². The number of nitrogens with zero attached hydrogens (tertiary/aromatic N) is 2. The number of para-hydroxylation sites is 2. The Morgan fingerprint density at radius 1 is 0.786 bits per heavy atom. The molecule has 28 heavy (non-hydrogen) atoms. The number of hydrogen-bond donors (Lipinski definition) is 0. The Balaban J connectivity index is 1.47. The Labute approximate surface area is 172 Å². The molecule has 0 unspecified atom stereocenters. The van der Waals surface area contributed by atoms with Crippen LogP contribution in [0.3, 0.4) is 0 Å². The summed E-state index contributed by atoms with van der Waals surface area (Å²) in [4.78, 5) is 4.93.